The number of thioether (sulfide) groups is 1. The monoisotopic (exact) mass is 381 g/mol. The van der Waals surface area contributed by atoms with Gasteiger partial charge in [0.1, 0.15) is 31.0 Å². The molecule has 2 aromatic rings. The van der Waals surface area contributed by atoms with Crippen molar-refractivity contribution in [1.82, 2.24) is 19.5 Å². The van der Waals surface area contributed by atoms with Gasteiger partial charge in [-0.1, -0.05) is 5.57 Å². The van der Waals surface area contributed by atoms with Crippen molar-refractivity contribution in [1.29, 1.82) is 0 Å². The fraction of sp³-hybridized carbons (Fsp3) is 0.562. The summed E-state index contributed by atoms with van der Waals surface area (Å²) in [6.45, 7) is 6.08. The van der Waals surface area contributed by atoms with Crippen molar-refractivity contribution >= 4 is 28.7 Å². The van der Waals surface area contributed by atoms with Crippen molar-refractivity contribution in [3.8, 4) is 0 Å². The maximum atomic E-state index is 10.6. The lowest BCUT2D eigenvalue weighted by Crippen LogP contribution is -2.42. The summed E-state index contributed by atoms with van der Waals surface area (Å²) in [6, 6.07) is 0. The minimum Gasteiger partial charge on any atom is -0.394 e. The first-order valence-corrected chi connectivity index (χ1v) is 9.43. The molecule has 0 unspecified atom stereocenters. The zero-order chi connectivity index (χ0) is 18.9. The number of nitrogens with one attached hydrogen (secondary N) is 1. The highest BCUT2D eigenvalue weighted by Gasteiger charge is 2.56. The van der Waals surface area contributed by atoms with E-state index >= 15 is 0 Å². The molecule has 0 aromatic carbocycles. The highest BCUT2D eigenvalue weighted by molar-refractivity contribution is 7.99. The standard InChI is InChI=1S/C16H23N5O4S/c1-9(2)4-5-17-14-11-15(19-7-18-14)21(8-20-11)16(26-3)13(24)12(23)10(6-22)25-16/h7-8,10,12-13,22-24H,1,4-6H2,2-3H3,(H,17,18,19)/t10-,12-,13-,16+/m1/s1. The minimum absolute atomic E-state index is 0.407. The predicted octanol–water partition coefficient (Wildman–Crippen LogP) is 0.291. The average Bonchev–Trinajstić information content (AvgIpc) is 3.16. The van der Waals surface area contributed by atoms with Crippen molar-refractivity contribution in [2.24, 2.45) is 0 Å². The topological polar surface area (TPSA) is 126 Å². The van der Waals surface area contributed by atoms with Gasteiger partial charge in [0.15, 0.2) is 17.0 Å². The molecule has 3 heterocycles. The Morgan fingerprint density at radius 3 is 2.81 bits per heavy atom. The van der Waals surface area contributed by atoms with Crippen LogP contribution in [0.4, 0.5) is 5.82 Å². The summed E-state index contributed by atoms with van der Waals surface area (Å²) in [5.41, 5.74) is 2.04. The highest BCUT2D eigenvalue weighted by atomic mass is 32.2. The van der Waals surface area contributed by atoms with E-state index in [1.54, 1.807) is 10.8 Å². The van der Waals surface area contributed by atoms with Crippen LogP contribution in [0.3, 0.4) is 0 Å². The lowest BCUT2D eigenvalue weighted by molar-refractivity contribution is -0.0773. The minimum atomic E-state index is -1.34. The summed E-state index contributed by atoms with van der Waals surface area (Å²) in [6.07, 6.45) is 2.06. The van der Waals surface area contributed by atoms with Gasteiger partial charge in [0.25, 0.3) is 0 Å². The number of aromatic nitrogens is 4. The van der Waals surface area contributed by atoms with Gasteiger partial charge < -0.3 is 25.4 Å². The SMILES string of the molecule is C=C(C)CCNc1ncnc2c1ncn2[C@]1(SC)O[C@H](CO)[C@@H](O)[C@H]1O. The number of hydrogen-bond acceptors (Lipinski definition) is 9. The second kappa shape index (κ2) is 7.49. The third kappa shape index (κ3) is 3.08. The molecule has 0 saturated carbocycles. The van der Waals surface area contributed by atoms with Crippen LogP contribution in [0, 0.1) is 0 Å². The number of rotatable bonds is 7. The number of nitrogens with zero attached hydrogens (tertiary/aromatic N) is 4. The number of aliphatic hydroxyl groups excluding tert-OH is 3. The fourth-order valence-electron chi connectivity index (χ4n) is 2.97. The third-order valence-corrected chi connectivity index (χ3v) is 5.50. The van der Waals surface area contributed by atoms with Crippen molar-refractivity contribution in [2.45, 2.75) is 36.7 Å². The number of hydrogen-bond donors (Lipinski definition) is 4. The van der Waals surface area contributed by atoms with Crippen LogP contribution in [0.15, 0.2) is 24.8 Å². The molecule has 3 rings (SSSR count). The quantitative estimate of drug-likeness (QED) is 0.501. The van der Waals surface area contributed by atoms with E-state index in [0.717, 1.165) is 12.0 Å². The molecule has 1 saturated heterocycles. The molecule has 1 aliphatic rings. The second-order valence-electron chi connectivity index (χ2n) is 6.25. The number of anilines is 1. The Kier molecular flexibility index (Phi) is 5.49. The maximum Gasteiger partial charge on any atom is 0.225 e. The van der Waals surface area contributed by atoms with Crippen LogP contribution in [0.1, 0.15) is 13.3 Å². The Morgan fingerprint density at radius 1 is 1.42 bits per heavy atom. The molecule has 4 N–H and O–H groups in total. The van der Waals surface area contributed by atoms with Gasteiger partial charge in [0.05, 0.1) is 6.61 Å². The summed E-state index contributed by atoms with van der Waals surface area (Å²) in [5.74, 6) is 0.568. The van der Waals surface area contributed by atoms with E-state index in [2.05, 4.69) is 26.8 Å². The van der Waals surface area contributed by atoms with Gasteiger partial charge in [-0.15, -0.1) is 18.3 Å². The molecule has 4 atom stereocenters. The van der Waals surface area contributed by atoms with Gasteiger partial charge in [-0.3, -0.25) is 4.57 Å². The van der Waals surface area contributed by atoms with Crippen molar-refractivity contribution in [2.75, 3.05) is 24.7 Å². The predicted molar refractivity (Wildman–Crippen MR) is 98.7 cm³/mol. The second-order valence-corrected chi connectivity index (χ2v) is 7.25. The molecule has 0 radical (unpaired) electrons. The summed E-state index contributed by atoms with van der Waals surface area (Å²) >= 11 is 1.20. The van der Waals surface area contributed by atoms with Gasteiger partial charge in [-0.2, -0.15) is 0 Å². The lowest BCUT2D eigenvalue weighted by Gasteiger charge is -2.31. The van der Waals surface area contributed by atoms with E-state index in [9.17, 15) is 15.3 Å². The Bertz CT molecular complexity index is 800. The molecule has 0 bridgehead atoms. The first-order chi connectivity index (χ1) is 12.4. The third-order valence-electron chi connectivity index (χ3n) is 4.38. The molecular weight excluding hydrogens is 358 g/mol. The highest BCUT2D eigenvalue weighted by Crippen LogP contribution is 2.44. The van der Waals surface area contributed by atoms with Gasteiger partial charge in [-0.05, 0) is 19.6 Å². The summed E-state index contributed by atoms with van der Waals surface area (Å²) in [5, 5.41) is 32.0. The Morgan fingerprint density at radius 2 is 2.19 bits per heavy atom. The first kappa shape index (κ1) is 19.1. The molecule has 26 heavy (non-hydrogen) atoms. The largest absolute Gasteiger partial charge is 0.394 e. The number of imidazole rings is 1. The summed E-state index contributed by atoms with van der Waals surface area (Å²) in [4.78, 5) is 12.9. The molecule has 10 heteroatoms. The van der Waals surface area contributed by atoms with E-state index in [4.69, 9.17) is 4.74 Å². The van der Waals surface area contributed by atoms with Crippen LogP contribution in [0.25, 0.3) is 11.2 Å². The van der Waals surface area contributed by atoms with Crippen LogP contribution in [-0.4, -0.2) is 72.6 Å². The number of ether oxygens (including phenoxy) is 1. The number of fused-ring (bicyclic) bond motifs is 1. The average molecular weight is 381 g/mol. The van der Waals surface area contributed by atoms with Gasteiger partial charge in [0, 0.05) is 6.54 Å². The van der Waals surface area contributed by atoms with Gasteiger partial charge in [-0.25, -0.2) is 15.0 Å². The summed E-state index contributed by atoms with van der Waals surface area (Å²) in [7, 11) is 0. The van der Waals surface area contributed by atoms with E-state index in [0.29, 0.717) is 23.5 Å². The molecule has 0 aliphatic carbocycles. The van der Waals surface area contributed by atoms with Crippen molar-refractivity contribution < 1.29 is 20.1 Å². The maximum absolute atomic E-state index is 10.6. The molecule has 1 fully saturated rings. The van der Waals surface area contributed by atoms with Crippen molar-refractivity contribution in [3.63, 3.8) is 0 Å². The summed E-state index contributed by atoms with van der Waals surface area (Å²) < 4.78 is 7.39. The van der Waals surface area contributed by atoms with Crippen molar-refractivity contribution in [3.05, 3.63) is 24.8 Å². The Labute approximate surface area is 155 Å². The van der Waals surface area contributed by atoms with Gasteiger partial charge in [0.2, 0.25) is 5.06 Å². The van der Waals surface area contributed by atoms with Crippen LogP contribution in [-0.2, 0) is 9.79 Å². The van der Waals surface area contributed by atoms with Crippen LogP contribution in [0.5, 0.6) is 0 Å². The normalized spacial score (nSPS) is 28.6. The van der Waals surface area contributed by atoms with E-state index in [1.165, 1.54) is 24.4 Å². The first-order valence-electron chi connectivity index (χ1n) is 8.21. The zero-order valence-corrected chi connectivity index (χ0v) is 15.5. The smallest absolute Gasteiger partial charge is 0.225 e. The molecule has 2 aromatic heterocycles. The lowest BCUT2D eigenvalue weighted by atomic mass is 10.1. The molecule has 1 aliphatic heterocycles. The van der Waals surface area contributed by atoms with Gasteiger partial charge >= 0.3 is 0 Å². The van der Waals surface area contributed by atoms with E-state index < -0.39 is 30.0 Å². The number of aliphatic hydroxyl groups is 3. The molecule has 9 nitrogen and oxygen atoms in total. The van der Waals surface area contributed by atoms with E-state index in [-0.39, 0.29) is 0 Å². The molecule has 0 spiro atoms. The molecule has 0 amide bonds. The fourth-order valence-corrected chi connectivity index (χ4v) is 3.90. The Hall–Kier alpha value is -1.72. The van der Waals surface area contributed by atoms with E-state index in [1.807, 2.05) is 6.92 Å². The van der Waals surface area contributed by atoms with Crippen LogP contribution < -0.4 is 5.32 Å². The molecule has 142 valence electrons. The Balaban J connectivity index is 1.99. The van der Waals surface area contributed by atoms with Crippen LogP contribution >= 0.6 is 11.8 Å². The molecular formula is C16H23N5O4S. The zero-order valence-electron chi connectivity index (χ0n) is 14.7. The van der Waals surface area contributed by atoms with Crippen LogP contribution in [0.2, 0.25) is 0 Å².